The van der Waals surface area contributed by atoms with Gasteiger partial charge in [0.25, 0.3) is 0 Å². The molecule has 0 atom stereocenters. The summed E-state index contributed by atoms with van der Waals surface area (Å²) in [4.78, 5) is 38.0. The monoisotopic (exact) mass is 390 g/mol. The van der Waals surface area contributed by atoms with Crippen molar-refractivity contribution < 1.29 is 23.9 Å². The lowest BCUT2D eigenvalue weighted by atomic mass is 9.66. The maximum absolute atomic E-state index is 13.6. The van der Waals surface area contributed by atoms with Gasteiger partial charge in [0.15, 0.2) is 0 Å². The molecule has 1 aliphatic carbocycles. The first-order valence-electron chi connectivity index (χ1n) is 9.85. The summed E-state index contributed by atoms with van der Waals surface area (Å²) in [6, 6.07) is 4.90. The third kappa shape index (κ3) is 4.34. The molecule has 0 unspecified atom stereocenters. The number of amides is 2. The second kappa shape index (κ2) is 8.29. The van der Waals surface area contributed by atoms with Crippen molar-refractivity contribution >= 4 is 17.8 Å². The van der Waals surface area contributed by atoms with Crippen LogP contribution in [0.3, 0.4) is 0 Å². The first kappa shape index (κ1) is 20.3. The first-order chi connectivity index (χ1) is 13.3. The molecule has 1 saturated heterocycles. The second-order valence-corrected chi connectivity index (χ2v) is 8.07. The Bertz CT molecular complexity index is 768. The summed E-state index contributed by atoms with van der Waals surface area (Å²) in [5.41, 5.74) is 0.399. The zero-order valence-corrected chi connectivity index (χ0v) is 16.2. The Morgan fingerprint density at radius 2 is 1.93 bits per heavy atom. The predicted molar refractivity (Wildman–Crippen MR) is 101 cm³/mol. The van der Waals surface area contributed by atoms with Crippen molar-refractivity contribution in [1.29, 1.82) is 0 Å². The number of carbonyl (C=O) groups is 3. The van der Waals surface area contributed by atoms with E-state index < -0.39 is 11.4 Å². The van der Waals surface area contributed by atoms with Gasteiger partial charge in [0, 0.05) is 32.0 Å². The number of likely N-dealkylation sites (tertiary alicyclic amines) is 1. The number of halogens is 1. The topological polar surface area (TPSA) is 86.7 Å². The smallest absolute Gasteiger partial charge is 0.310 e. The van der Waals surface area contributed by atoms with E-state index >= 15 is 0 Å². The summed E-state index contributed by atoms with van der Waals surface area (Å²) < 4.78 is 13.6. The van der Waals surface area contributed by atoms with Gasteiger partial charge in [-0.3, -0.25) is 14.4 Å². The minimum absolute atomic E-state index is 0.0538. The van der Waals surface area contributed by atoms with Crippen LogP contribution in [0.2, 0.25) is 0 Å². The van der Waals surface area contributed by atoms with E-state index in [1.54, 1.807) is 24.0 Å². The number of hydrogen-bond donors (Lipinski definition) is 2. The highest BCUT2D eigenvalue weighted by atomic mass is 19.1. The molecule has 2 aliphatic rings. The van der Waals surface area contributed by atoms with Gasteiger partial charge in [-0.15, -0.1) is 0 Å². The van der Waals surface area contributed by atoms with Gasteiger partial charge in [-0.2, -0.15) is 0 Å². The highest BCUT2D eigenvalue weighted by Gasteiger charge is 2.46. The zero-order valence-electron chi connectivity index (χ0n) is 16.2. The van der Waals surface area contributed by atoms with Crippen molar-refractivity contribution in [3.8, 4) is 0 Å². The van der Waals surface area contributed by atoms with E-state index in [0.29, 0.717) is 49.9 Å². The number of carboxylic acids is 1. The largest absolute Gasteiger partial charge is 0.481 e. The molecule has 152 valence electrons. The third-order valence-corrected chi connectivity index (χ3v) is 6.18. The SMILES string of the molecule is Cc1ccc(CNC(=O)C2CCN(C(=O)CC3(C(=O)O)CCC3)CC2)cc1F. The fourth-order valence-electron chi connectivity index (χ4n) is 3.94. The second-order valence-electron chi connectivity index (χ2n) is 8.07. The number of piperidine rings is 1. The van der Waals surface area contributed by atoms with E-state index in [-0.39, 0.29) is 36.5 Å². The molecule has 0 aromatic heterocycles. The number of nitrogens with one attached hydrogen (secondary N) is 1. The van der Waals surface area contributed by atoms with Gasteiger partial charge in [0.2, 0.25) is 11.8 Å². The molecule has 1 saturated carbocycles. The normalized spacial score (nSPS) is 19.0. The third-order valence-electron chi connectivity index (χ3n) is 6.18. The Kier molecular flexibility index (Phi) is 6.01. The number of carbonyl (C=O) groups excluding carboxylic acids is 2. The van der Waals surface area contributed by atoms with Gasteiger partial charge in [0.1, 0.15) is 5.82 Å². The molecule has 6 nitrogen and oxygen atoms in total. The molecule has 1 aliphatic heterocycles. The minimum Gasteiger partial charge on any atom is -0.481 e. The number of benzene rings is 1. The van der Waals surface area contributed by atoms with Crippen molar-refractivity contribution in [1.82, 2.24) is 10.2 Å². The number of nitrogens with zero attached hydrogens (tertiary/aromatic N) is 1. The summed E-state index contributed by atoms with van der Waals surface area (Å²) in [5, 5.41) is 12.2. The van der Waals surface area contributed by atoms with Crippen LogP contribution in [-0.2, 0) is 20.9 Å². The number of hydrogen-bond acceptors (Lipinski definition) is 3. The molecule has 1 aromatic carbocycles. The van der Waals surface area contributed by atoms with Crippen LogP contribution < -0.4 is 5.32 Å². The molecule has 1 aromatic rings. The van der Waals surface area contributed by atoms with Crippen molar-refractivity contribution in [3.05, 3.63) is 35.1 Å². The summed E-state index contributed by atoms with van der Waals surface area (Å²) >= 11 is 0. The Morgan fingerprint density at radius 3 is 2.46 bits per heavy atom. The van der Waals surface area contributed by atoms with Crippen LogP contribution in [0.4, 0.5) is 4.39 Å². The molecule has 3 rings (SSSR count). The average molecular weight is 390 g/mol. The lowest BCUT2D eigenvalue weighted by Crippen LogP contribution is -2.47. The maximum Gasteiger partial charge on any atom is 0.310 e. The summed E-state index contributed by atoms with van der Waals surface area (Å²) in [6.07, 6.45) is 3.14. The summed E-state index contributed by atoms with van der Waals surface area (Å²) in [6.45, 7) is 2.89. The van der Waals surface area contributed by atoms with E-state index in [0.717, 1.165) is 6.42 Å². The Hall–Kier alpha value is -2.44. The van der Waals surface area contributed by atoms with Crippen LogP contribution >= 0.6 is 0 Å². The molecule has 0 spiro atoms. The van der Waals surface area contributed by atoms with Gasteiger partial charge in [0.05, 0.1) is 5.41 Å². The molecule has 2 fully saturated rings. The molecule has 7 heteroatoms. The van der Waals surface area contributed by atoms with Crippen molar-refractivity contribution in [2.24, 2.45) is 11.3 Å². The molecular formula is C21H27FN2O4. The Balaban J connectivity index is 1.45. The average Bonchev–Trinajstić information content (AvgIpc) is 2.65. The molecule has 2 amide bonds. The van der Waals surface area contributed by atoms with Gasteiger partial charge in [-0.05, 0) is 49.8 Å². The van der Waals surface area contributed by atoms with Gasteiger partial charge in [-0.1, -0.05) is 18.6 Å². The van der Waals surface area contributed by atoms with Crippen LogP contribution in [0, 0.1) is 24.1 Å². The van der Waals surface area contributed by atoms with Crippen LogP contribution in [0.5, 0.6) is 0 Å². The number of carboxylic acid groups (broad SMARTS) is 1. The van der Waals surface area contributed by atoms with Crippen LogP contribution in [0.25, 0.3) is 0 Å². The molecule has 1 heterocycles. The highest BCUT2D eigenvalue weighted by Crippen LogP contribution is 2.44. The van der Waals surface area contributed by atoms with Crippen LogP contribution in [0.1, 0.15) is 49.7 Å². The van der Waals surface area contributed by atoms with Crippen LogP contribution in [-0.4, -0.2) is 40.9 Å². The fraction of sp³-hybridized carbons (Fsp3) is 0.571. The van der Waals surface area contributed by atoms with Crippen LogP contribution in [0.15, 0.2) is 18.2 Å². The fourth-order valence-corrected chi connectivity index (χ4v) is 3.94. The molecule has 0 radical (unpaired) electrons. The van der Waals surface area contributed by atoms with E-state index in [1.807, 2.05) is 0 Å². The van der Waals surface area contributed by atoms with Gasteiger partial charge in [-0.25, -0.2) is 4.39 Å². The standard InChI is InChI=1S/C21H27FN2O4/c1-14-3-4-15(11-17(14)22)13-23-19(26)16-5-9-24(10-6-16)18(25)12-21(20(27)28)7-2-8-21/h3-4,11,16H,2,5-10,12-13H2,1H3,(H,23,26)(H,27,28). The zero-order chi connectivity index (χ0) is 20.3. The van der Waals surface area contributed by atoms with Gasteiger partial charge >= 0.3 is 5.97 Å². The molecule has 28 heavy (non-hydrogen) atoms. The summed E-state index contributed by atoms with van der Waals surface area (Å²) in [7, 11) is 0. The van der Waals surface area contributed by atoms with E-state index in [4.69, 9.17) is 0 Å². The van der Waals surface area contributed by atoms with Crippen molar-refractivity contribution in [2.45, 2.75) is 52.0 Å². The predicted octanol–water partition coefficient (Wildman–Crippen LogP) is 2.63. The van der Waals surface area contributed by atoms with Crippen molar-refractivity contribution in [3.63, 3.8) is 0 Å². The summed E-state index contributed by atoms with van der Waals surface area (Å²) in [5.74, 6) is -1.57. The Morgan fingerprint density at radius 1 is 1.25 bits per heavy atom. The first-order valence-corrected chi connectivity index (χ1v) is 9.85. The number of rotatable bonds is 6. The number of aryl methyl sites for hydroxylation is 1. The van der Waals surface area contributed by atoms with Crippen molar-refractivity contribution in [2.75, 3.05) is 13.1 Å². The quantitative estimate of drug-likeness (QED) is 0.782. The molecular weight excluding hydrogens is 363 g/mol. The maximum atomic E-state index is 13.6. The number of aliphatic carboxylic acids is 1. The lowest BCUT2D eigenvalue weighted by Gasteiger charge is -2.39. The van der Waals surface area contributed by atoms with E-state index in [2.05, 4.69) is 5.32 Å². The minimum atomic E-state index is -0.881. The van der Waals surface area contributed by atoms with Gasteiger partial charge < -0.3 is 15.3 Å². The molecule has 0 bridgehead atoms. The highest BCUT2D eigenvalue weighted by molar-refractivity contribution is 5.86. The lowest BCUT2D eigenvalue weighted by molar-refractivity contribution is -0.160. The van der Waals surface area contributed by atoms with E-state index in [1.165, 1.54) is 6.07 Å². The molecule has 2 N–H and O–H groups in total. The Labute approximate surface area is 164 Å². The van der Waals surface area contributed by atoms with E-state index in [9.17, 15) is 23.9 Å².